The van der Waals surface area contributed by atoms with Crippen LogP contribution in [0.2, 0.25) is 0 Å². The molecule has 1 spiro atoms. The maximum Gasteiger partial charge on any atom is 0.0670 e. The Morgan fingerprint density at radius 2 is 2.43 bits per heavy atom. The first-order valence-corrected chi connectivity index (χ1v) is 5.95. The van der Waals surface area contributed by atoms with E-state index in [1.165, 1.54) is 32.2 Å². The Labute approximate surface area is 84.9 Å². The fourth-order valence-corrected chi connectivity index (χ4v) is 3.79. The van der Waals surface area contributed by atoms with Gasteiger partial charge in [0.15, 0.2) is 0 Å². The molecule has 2 saturated heterocycles. The average Bonchev–Trinajstić information content (AvgIpc) is 2.82. The first-order valence-electron chi connectivity index (χ1n) is 5.95. The summed E-state index contributed by atoms with van der Waals surface area (Å²) < 4.78 is 5.66. The molecule has 3 fully saturated rings. The van der Waals surface area contributed by atoms with Crippen LogP contribution in [0.15, 0.2) is 11.6 Å². The van der Waals surface area contributed by atoms with Crippen molar-refractivity contribution in [2.75, 3.05) is 19.8 Å². The van der Waals surface area contributed by atoms with Crippen LogP contribution < -0.4 is 0 Å². The molecule has 4 rings (SSSR count). The molecule has 2 heteroatoms. The maximum absolute atomic E-state index is 5.66. The van der Waals surface area contributed by atoms with Crippen LogP contribution in [-0.2, 0) is 4.74 Å². The molecule has 3 heterocycles. The molecule has 4 aliphatic rings. The smallest absolute Gasteiger partial charge is 0.0670 e. The highest BCUT2D eigenvalue weighted by Crippen LogP contribution is 2.53. The first-order chi connectivity index (χ1) is 6.90. The standard InChI is InChI=1S/C12H17NO/c1-2-4-11-9(3-1)5-10-6-14-8-12(10)7-13(11)12/h5,10-11H,1-4,6-8H2/t10-,11-,12-,13?/m0/s1. The van der Waals surface area contributed by atoms with Crippen molar-refractivity contribution in [2.45, 2.75) is 37.3 Å². The second kappa shape index (κ2) is 2.42. The minimum atomic E-state index is 0.478. The number of hydrogen-bond donors (Lipinski definition) is 0. The van der Waals surface area contributed by atoms with E-state index in [1.54, 1.807) is 5.57 Å². The lowest BCUT2D eigenvalue weighted by Crippen LogP contribution is -2.39. The quantitative estimate of drug-likeness (QED) is 0.425. The summed E-state index contributed by atoms with van der Waals surface area (Å²) in [6.07, 6.45) is 8.17. The largest absolute Gasteiger partial charge is 0.379 e. The van der Waals surface area contributed by atoms with Crippen molar-refractivity contribution in [3.05, 3.63) is 11.6 Å². The zero-order valence-electron chi connectivity index (χ0n) is 8.54. The number of fused-ring (bicyclic) bond motifs is 2. The normalized spacial score (nSPS) is 54.3. The van der Waals surface area contributed by atoms with E-state index >= 15 is 0 Å². The van der Waals surface area contributed by atoms with Crippen molar-refractivity contribution in [1.82, 2.24) is 4.90 Å². The van der Waals surface area contributed by atoms with Crippen molar-refractivity contribution >= 4 is 0 Å². The summed E-state index contributed by atoms with van der Waals surface area (Å²) in [7, 11) is 0. The maximum atomic E-state index is 5.66. The van der Waals surface area contributed by atoms with Crippen molar-refractivity contribution in [1.29, 1.82) is 0 Å². The fraction of sp³-hybridized carbons (Fsp3) is 0.833. The van der Waals surface area contributed by atoms with Gasteiger partial charge in [0.1, 0.15) is 0 Å². The molecule has 2 nitrogen and oxygen atoms in total. The Morgan fingerprint density at radius 3 is 3.43 bits per heavy atom. The molecule has 3 aliphatic heterocycles. The number of hydrogen-bond acceptors (Lipinski definition) is 2. The Morgan fingerprint density at radius 1 is 1.43 bits per heavy atom. The van der Waals surface area contributed by atoms with Gasteiger partial charge in [0.2, 0.25) is 0 Å². The van der Waals surface area contributed by atoms with Gasteiger partial charge in [0, 0.05) is 18.5 Å². The third kappa shape index (κ3) is 0.801. The summed E-state index contributed by atoms with van der Waals surface area (Å²) in [5.41, 5.74) is 2.21. The molecule has 76 valence electrons. The van der Waals surface area contributed by atoms with Crippen LogP contribution in [0.4, 0.5) is 0 Å². The van der Waals surface area contributed by atoms with Crippen molar-refractivity contribution in [3.63, 3.8) is 0 Å². The molecule has 1 unspecified atom stereocenters. The van der Waals surface area contributed by atoms with Gasteiger partial charge in [0.05, 0.1) is 18.8 Å². The second-order valence-electron chi connectivity index (χ2n) is 5.36. The lowest BCUT2D eigenvalue weighted by Gasteiger charge is -2.34. The number of ether oxygens (including phenoxy) is 1. The summed E-state index contributed by atoms with van der Waals surface area (Å²) in [5, 5.41) is 0. The molecule has 0 N–H and O–H groups in total. The van der Waals surface area contributed by atoms with Crippen LogP contribution in [0.5, 0.6) is 0 Å². The zero-order chi connectivity index (χ0) is 9.17. The van der Waals surface area contributed by atoms with E-state index in [9.17, 15) is 0 Å². The minimum Gasteiger partial charge on any atom is -0.379 e. The van der Waals surface area contributed by atoms with Gasteiger partial charge in [0.25, 0.3) is 0 Å². The highest BCUT2D eigenvalue weighted by Gasteiger charge is 2.64. The van der Waals surface area contributed by atoms with Crippen molar-refractivity contribution < 1.29 is 4.74 Å². The van der Waals surface area contributed by atoms with E-state index in [0.717, 1.165) is 25.2 Å². The molecule has 0 aromatic heterocycles. The van der Waals surface area contributed by atoms with E-state index < -0.39 is 0 Å². The van der Waals surface area contributed by atoms with Gasteiger partial charge in [-0.05, 0) is 19.3 Å². The average molecular weight is 191 g/mol. The van der Waals surface area contributed by atoms with Crippen LogP contribution in [0.1, 0.15) is 25.7 Å². The van der Waals surface area contributed by atoms with Gasteiger partial charge in [-0.2, -0.15) is 0 Å². The van der Waals surface area contributed by atoms with Gasteiger partial charge in [-0.25, -0.2) is 0 Å². The van der Waals surface area contributed by atoms with E-state index in [4.69, 9.17) is 4.74 Å². The monoisotopic (exact) mass is 191 g/mol. The molecule has 0 amide bonds. The fourth-order valence-electron chi connectivity index (χ4n) is 3.79. The third-order valence-corrected chi connectivity index (χ3v) is 4.66. The molecule has 1 aliphatic carbocycles. The van der Waals surface area contributed by atoms with E-state index in [1.807, 2.05) is 0 Å². The van der Waals surface area contributed by atoms with E-state index in [2.05, 4.69) is 11.0 Å². The van der Waals surface area contributed by atoms with Crippen LogP contribution in [0, 0.1) is 5.92 Å². The van der Waals surface area contributed by atoms with Crippen molar-refractivity contribution in [3.8, 4) is 0 Å². The SMILES string of the molecule is C1=C2CCCC[C@@H]2N2C[C@@]23COC[C@H]13. The Kier molecular flexibility index (Phi) is 1.36. The lowest BCUT2D eigenvalue weighted by atomic mass is 9.81. The highest BCUT2D eigenvalue weighted by molar-refractivity contribution is 5.33. The van der Waals surface area contributed by atoms with Crippen molar-refractivity contribution in [2.24, 2.45) is 5.92 Å². The van der Waals surface area contributed by atoms with Crippen LogP contribution in [0.3, 0.4) is 0 Å². The molecule has 4 atom stereocenters. The predicted octanol–water partition coefficient (Wildman–Crippen LogP) is 1.57. The molecule has 0 aromatic carbocycles. The topological polar surface area (TPSA) is 12.2 Å². The highest BCUT2D eigenvalue weighted by atomic mass is 16.5. The van der Waals surface area contributed by atoms with Gasteiger partial charge in [-0.1, -0.05) is 18.1 Å². The van der Waals surface area contributed by atoms with Crippen LogP contribution >= 0.6 is 0 Å². The van der Waals surface area contributed by atoms with E-state index in [-0.39, 0.29) is 0 Å². The second-order valence-corrected chi connectivity index (χ2v) is 5.36. The van der Waals surface area contributed by atoms with Gasteiger partial charge in [-0.15, -0.1) is 0 Å². The lowest BCUT2D eigenvalue weighted by molar-refractivity contribution is 0.178. The Bertz CT molecular complexity index is 311. The number of rotatable bonds is 0. The molecule has 0 aromatic rings. The van der Waals surface area contributed by atoms with Crippen LogP contribution in [0.25, 0.3) is 0 Å². The summed E-state index contributed by atoms with van der Waals surface area (Å²) in [4.78, 5) is 2.72. The molecule has 0 bridgehead atoms. The third-order valence-electron chi connectivity index (χ3n) is 4.66. The predicted molar refractivity (Wildman–Crippen MR) is 54.1 cm³/mol. The molecular weight excluding hydrogens is 174 g/mol. The number of nitrogens with zero attached hydrogens (tertiary/aromatic N) is 1. The summed E-state index contributed by atoms with van der Waals surface area (Å²) in [6.45, 7) is 3.28. The van der Waals surface area contributed by atoms with Gasteiger partial charge < -0.3 is 4.74 Å². The Hall–Kier alpha value is -0.340. The molecule has 14 heavy (non-hydrogen) atoms. The van der Waals surface area contributed by atoms with Gasteiger partial charge >= 0.3 is 0 Å². The Balaban J connectivity index is 1.75. The zero-order valence-corrected chi connectivity index (χ0v) is 8.54. The molecule has 0 radical (unpaired) electrons. The minimum absolute atomic E-state index is 0.478. The summed E-state index contributed by atoms with van der Waals surface area (Å²) in [5.74, 6) is 0.729. The summed E-state index contributed by atoms with van der Waals surface area (Å²) in [6, 6.07) is 0.807. The summed E-state index contributed by atoms with van der Waals surface area (Å²) >= 11 is 0. The van der Waals surface area contributed by atoms with Crippen LogP contribution in [-0.4, -0.2) is 36.2 Å². The van der Waals surface area contributed by atoms with E-state index in [0.29, 0.717) is 5.54 Å². The molecular formula is C12H17NO. The molecule has 1 saturated carbocycles. The first kappa shape index (κ1) is 7.89. The van der Waals surface area contributed by atoms with Gasteiger partial charge in [-0.3, -0.25) is 4.90 Å².